The maximum absolute atomic E-state index is 13.3. The Balaban J connectivity index is 0.000000809. The van der Waals surface area contributed by atoms with Crippen LogP contribution in [0.2, 0.25) is 0 Å². The smallest absolute Gasteiger partial charge is 0.475 e. The number of amides is 2. The van der Waals surface area contributed by atoms with E-state index in [1.807, 2.05) is 19.9 Å². The van der Waals surface area contributed by atoms with Crippen LogP contribution in [0.5, 0.6) is 0 Å². The number of nitrogens with two attached hydrogens (primary N) is 1. The molecule has 0 aliphatic rings. The van der Waals surface area contributed by atoms with Gasteiger partial charge in [-0.05, 0) is 49.6 Å². The van der Waals surface area contributed by atoms with Crippen LogP contribution < -0.4 is 21.1 Å². The summed E-state index contributed by atoms with van der Waals surface area (Å²) in [6, 6.07) is 8.88. The number of aromatic nitrogens is 2. The molecule has 4 N–H and O–H groups in total. The first-order valence-electron chi connectivity index (χ1n) is 10.7. The van der Waals surface area contributed by atoms with Gasteiger partial charge in [0.25, 0.3) is 0 Å². The van der Waals surface area contributed by atoms with E-state index in [9.17, 15) is 22.4 Å². The maximum Gasteiger partial charge on any atom is 0.490 e. The number of halogens is 4. The second-order valence-electron chi connectivity index (χ2n) is 7.70. The first-order chi connectivity index (χ1) is 16.9. The summed E-state index contributed by atoms with van der Waals surface area (Å²) in [4.78, 5) is 31.6. The second-order valence-corrected chi connectivity index (χ2v) is 7.70. The normalized spacial score (nSPS) is 10.6. The zero-order valence-corrected chi connectivity index (χ0v) is 19.7. The van der Waals surface area contributed by atoms with Crippen molar-refractivity contribution in [3.63, 3.8) is 0 Å². The summed E-state index contributed by atoms with van der Waals surface area (Å²) >= 11 is 0. The Morgan fingerprint density at radius 3 is 2.31 bits per heavy atom. The number of hydrogen-bond donors (Lipinski definition) is 3. The number of alkyl halides is 3. The molecule has 0 aliphatic heterocycles. The number of benzene rings is 1. The Morgan fingerprint density at radius 1 is 1.19 bits per heavy atom. The fraction of sp³-hybridized carbons (Fsp3) is 0.409. The largest absolute Gasteiger partial charge is 0.490 e. The molecule has 0 radical (unpaired) electrons. The Morgan fingerprint density at radius 2 is 1.81 bits per heavy atom. The van der Waals surface area contributed by atoms with Gasteiger partial charge in [0, 0.05) is 31.0 Å². The van der Waals surface area contributed by atoms with Crippen molar-refractivity contribution in [2.75, 3.05) is 29.5 Å². The number of nitriles is 1. The third-order valence-electron chi connectivity index (χ3n) is 4.26. The summed E-state index contributed by atoms with van der Waals surface area (Å²) in [7, 11) is 0. The summed E-state index contributed by atoms with van der Waals surface area (Å²) in [5.74, 6) is -2.48. The van der Waals surface area contributed by atoms with Crippen molar-refractivity contribution in [3.05, 3.63) is 48.2 Å². The fourth-order valence-electron chi connectivity index (χ4n) is 2.67. The number of rotatable bonds is 9. The van der Waals surface area contributed by atoms with E-state index in [2.05, 4.69) is 15.4 Å². The number of aliphatic carboxylic acids is 1. The zero-order valence-electron chi connectivity index (χ0n) is 19.7. The lowest BCUT2D eigenvalue weighted by Crippen LogP contribution is -2.51. The number of nitrogens with one attached hydrogen (secondary N) is 1. The zero-order chi connectivity index (χ0) is 27.3. The van der Waals surface area contributed by atoms with Gasteiger partial charge in [-0.1, -0.05) is 13.8 Å². The van der Waals surface area contributed by atoms with Crippen LogP contribution in [-0.4, -0.2) is 52.9 Å². The minimum atomic E-state index is -5.08. The molecule has 0 saturated heterocycles. The van der Waals surface area contributed by atoms with Gasteiger partial charge in [-0.15, -0.1) is 0 Å². The number of urea groups is 1. The van der Waals surface area contributed by atoms with E-state index in [1.54, 1.807) is 23.2 Å². The second kappa shape index (κ2) is 14.4. The molecule has 0 bridgehead atoms. The number of nitrogens with zero attached hydrogens (tertiary/aromatic N) is 5. The van der Waals surface area contributed by atoms with Crippen LogP contribution in [0, 0.1) is 23.1 Å². The highest BCUT2D eigenvalue weighted by Crippen LogP contribution is 2.17. The molecule has 36 heavy (non-hydrogen) atoms. The predicted octanol–water partition coefficient (Wildman–Crippen LogP) is 3.45. The molecule has 196 valence electrons. The molecule has 1 aromatic carbocycles. The molecule has 0 aliphatic carbocycles. The van der Waals surface area contributed by atoms with Crippen molar-refractivity contribution in [2.45, 2.75) is 32.9 Å². The molecule has 10 nitrogen and oxygen atoms in total. The molecule has 2 aromatic rings. The van der Waals surface area contributed by atoms with Crippen molar-refractivity contribution in [1.82, 2.24) is 15.4 Å². The Kier molecular flexibility index (Phi) is 12.0. The van der Waals surface area contributed by atoms with Gasteiger partial charge in [0.05, 0.1) is 0 Å². The van der Waals surface area contributed by atoms with Crippen molar-refractivity contribution >= 4 is 23.5 Å². The lowest BCUT2D eigenvalue weighted by molar-refractivity contribution is -0.192. The number of carboxylic acids is 1. The van der Waals surface area contributed by atoms with Gasteiger partial charge >= 0.3 is 18.2 Å². The highest BCUT2D eigenvalue weighted by molar-refractivity contribution is 5.92. The van der Waals surface area contributed by atoms with Gasteiger partial charge in [0.1, 0.15) is 11.9 Å². The topological polar surface area (TPSA) is 148 Å². The standard InChI is InChI=1S/C20H26FN7O.C2HF3O2/c1-15(2)14-28(19-9-11-24-18(13-23)25-19)26-20(29)27(12-4-3-10-22)17-7-5-16(21)6-8-17;3-2(4,5)1(6)7/h5-9,11,15H,3-4,10,12,14,22H2,1-2H3,(H,26,29);(H,6,7). The van der Waals surface area contributed by atoms with E-state index in [-0.39, 0.29) is 23.6 Å². The molecule has 0 spiro atoms. The molecule has 1 heterocycles. The molecule has 2 rings (SSSR count). The predicted molar refractivity (Wildman–Crippen MR) is 123 cm³/mol. The molecule has 0 atom stereocenters. The Bertz CT molecular complexity index is 1030. The third-order valence-corrected chi connectivity index (χ3v) is 4.26. The number of hydrazine groups is 1. The van der Waals surface area contributed by atoms with E-state index in [0.717, 1.165) is 6.42 Å². The van der Waals surface area contributed by atoms with Crippen molar-refractivity contribution in [3.8, 4) is 6.07 Å². The van der Waals surface area contributed by atoms with Gasteiger partial charge in [-0.25, -0.2) is 24.4 Å². The summed E-state index contributed by atoms with van der Waals surface area (Å²) in [6.07, 6.45) is -2.14. The van der Waals surface area contributed by atoms with E-state index >= 15 is 0 Å². The number of carbonyl (C=O) groups excluding carboxylic acids is 1. The average Bonchev–Trinajstić information content (AvgIpc) is 2.81. The van der Waals surface area contributed by atoms with Gasteiger partial charge in [0.15, 0.2) is 5.82 Å². The van der Waals surface area contributed by atoms with Crippen LogP contribution in [-0.2, 0) is 4.79 Å². The first kappa shape index (κ1) is 30.0. The van der Waals surface area contributed by atoms with E-state index in [0.29, 0.717) is 37.6 Å². The Hall–Kier alpha value is -3.99. The number of hydrogen-bond acceptors (Lipinski definition) is 7. The SMILES string of the molecule is CC(C)CN(NC(=O)N(CCCCN)c1ccc(F)cc1)c1ccnc(C#N)n1.O=C(O)C(F)(F)F. The first-order valence-corrected chi connectivity index (χ1v) is 10.7. The highest BCUT2D eigenvalue weighted by Gasteiger charge is 2.38. The lowest BCUT2D eigenvalue weighted by atomic mass is 10.2. The van der Waals surface area contributed by atoms with Crippen LogP contribution in [0.15, 0.2) is 36.5 Å². The number of carboxylic acid groups (broad SMARTS) is 1. The van der Waals surface area contributed by atoms with Gasteiger partial charge < -0.3 is 10.8 Å². The van der Waals surface area contributed by atoms with Crippen LogP contribution in [0.3, 0.4) is 0 Å². The van der Waals surface area contributed by atoms with Gasteiger partial charge in [-0.2, -0.15) is 23.4 Å². The molecule has 0 saturated carbocycles. The van der Waals surface area contributed by atoms with Crippen molar-refractivity contribution in [1.29, 1.82) is 5.26 Å². The summed E-state index contributed by atoms with van der Waals surface area (Å²) < 4.78 is 45.1. The van der Waals surface area contributed by atoms with E-state index < -0.39 is 12.1 Å². The minimum Gasteiger partial charge on any atom is -0.475 e. The van der Waals surface area contributed by atoms with Gasteiger partial charge in [0.2, 0.25) is 5.82 Å². The Labute approximate surface area is 205 Å². The fourth-order valence-corrected chi connectivity index (χ4v) is 2.67. The maximum atomic E-state index is 13.3. The monoisotopic (exact) mass is 513 g/mol. The third kappa shape index (κ3) is 10.5. The molecule has 0 unspecified atom stereocenters. The van der Waals surface area contributed by atoms with Crippen LogP contribution in [0.4, 0.5) is 33.9 Å². The molecule has 14 heteroatoms. The van der Waals surface area contributed by atoms with E-state index in [4.69, 9.17) is 20.9 Å². The number of unbranched alkanes of at least 4 members (excludes halogenated alkanes) is 1. The van der Waals surface area contributed by atoms with Crippen LogP contribution in [0.25, 0.3) is 0 Å². The summed E-state index contributed by atoms with van der Waals surface area (Å²) in [5, 5.41) is 17.8. The number of anilines is 2. The van der Waals surface area contributed by atoms with Crippen LogP contribution in [0.1, 0.15) is 32.5 Å². The van der Waals surface area contributed by atoms with E-state index in [1.165, 1.54) is 23.2 Å². The summed E-state index contributed by atoms with van der Waals surface area (Å²) in [6.45, 7) is 5.44. The van der Waals surface area contributed by atoms with Crippen molar-refractivity contribution in [2.24, 2.45) is 11.7 Å². The average molecular weight is 513 g/mol. The molecule has 1 aromatic heterocycles. The quantitative estimate of drug-likeness (QED) is 0.262. The molecule has 0 fully saturated rings. The van der Waals surface area contributed by atoms with Crippen molar-refractivity contribution < 1.29 is 32.3 Å². The number of carbonyl (C=O) groups is 2. The summed E-state index contributed by atoms with van der Waals surface area (Å²) in [5.41, 5.74) is 9.00. The van der Waals surface area contributed by atoms with Crippen LogP contribution >= 0.6 is 0 Å². The highest BCUT2D eigenvalue weighted by atomic mass is 19.4. The minimum absolute atomic E-state index is 0.0174. The van der Waals surface area contributed by atoms with Gasteiger partial charge in [-0.3, -0.25) is 9.91 Å². The molecule has 2 amide bonds. The molecular formula is C22H27F4N7O3. The molecular weight excluding hydrogens is 486 g/mol. The lowest BCUT2D eigenvalue weighted by Gasteiger charge is -2.30.